The highest BCUT2D eigenvalue weighted by Crippen LogP contribution is 2.23. The van der Waals surface area contributed by atoms with Crippen LogP contribution in [0, 0.1) is 5.92 Å². The summed E-state index contributed by atoms with van der Waals surface area (Å²) in [6.45, 7) is 5.02. The maximum atomic E-state index is 12.7. The third-order valence-corrected chi connectivity index (χ3v) is 6.22. The molecule has 0 aliphatic rings. The average Bonchev–Trinajstić information content (AvgIpc) is 2.94. The SMILES string of the molecule is COC(=O)C(COCc1ccccc1)NC(=O)CCC(NCc1cc(Oc2ccccc2)ncc1N)C(C)C. The molecular formula is C30H38N4O5. The summed E-state index contributed by atoms with van der Waals surface area (Å²) in [5, 5.41) is 6.25. The third-order valence-electron chi connectivity index (χ3n) is 6.22. The number of methoxy groups -OCH3 is 1. The van der Waals surface area contributed by atoms with Gasteiger partial charge in [0.1, 0.15) is 5.75 Å². The van der Waals surface area contributed by atoms with Gasteiger partial charge in [0, 0.05) is 25.1 Å². The standard InChI is InChI=1S/C30H38N4O5/c1-21(2)26(32-17-23-16-29(33-18-25(23)31)39-24-12-8-5-9-13-24)14-15-28(35)34-27(30(36)37-3)20-38-19-22-10-6-4-7-11-22/h4-13,16,18,21,26-27,32H,14-15,17,19-20,31H2,1-3H3,(H,34,35). The Morgan fingerprint density at radius 2 is 1.72 bits per heavy atom. The van der Waals surface area contributed by atoms with Gasteiger partial charge in [0.15, 0.2) is 6.04 Å². The highest BCUT2D eigenvalue weighted by molar-refractivity contribution is 5.84. The Labute approximate surface area is 230 Å². The molecule has 9 nitrogen and oxygen atoms in total. The van der Waals surface area contributed by atoms with Crippen LogP contribution in [-0.4, -0.2) is 42.7 Å². The molecule has 0 fully saturated rings. The van der Waals surface area contributed by atoms with E-state index in [1.165, 1.54) is 7.11 Å². The minimum absolute atomic E-state index is 0.0217. The number of nitrogen functional groups attached to an aromatic ring is 1. The molecule has 4 N–H and O–H groups in total. The molecule has 0 aliphatic heterocycles. The van der Waals surface area contributed by atoms with Crippen LogP contribution in [0.2, 0.25) is 0 Å². The number of hydrogen-bond donors (Lipinski definition) is 3. The summed E-state index contributed by atoms with van der Waals surface area (Å²) in [6, 6.07) is 20.0. The zero-order chi connectivity index (χ0) is 28.0. The number of nitrogens with two attached hydrogens (primary N) is 1. The maximum absolute atomic E-state index is 12.7. The quantitative estimate of drug-likeness (QED) is 0.248. The Balaban J connectivity index is 1.51. The van der Waals surface area contributed by atoms with E-state index in [-0.39, 0.29) is 30.9 Å². The molecule has 0 radical (unpaired) electrons. The van der Waals surface area contributed by atoms with Gasteiger partial charge in [-0.15, -0.1) is 0 Å². The lowest BCUT2D eigenvalue weighted by Gasteiger charge is -2.23. The fraction of sp³-hybridized carbons (Fsp3) is 0.367. The molecule has 0 bridgehead atoms. The van der Waals surface area contributed by atoms with E-state index in [2.05, 4.69) is 29.5 Å². The molecule has 9 heteroatoms. The molecule has 0 saturated heterocycles. The predicted octanol–water partition coefficient (Wildman–Crippen LogP) is 4.23. The van der Waals surface area contributed by atoms with Crippen molar-refractivity contribution in [2.24, 2.45) is 5.92 Å². The zero-order valence-electron chi connectivity index (χ0n) is 22.8. The molecule has 2 unspecified atom stereocenters. The number of nitrogens with zero attached hydrogens (tertiary/aromatic N) is 1. The molecule has 1 aromatic heterocycles. The van der Waals surface area contributed by atoms with Crippen LogP contribution in [0.4, 0.5) is 5.69 Å². The number of amides is 1. The normalized spacial score (nSPS) is 12.5. The number of esters is 1. The van der Waals surface area contributed by atoms with Crippen molar-refractivity contribution < 1.29 is 23.8 Å². The first-order valence-corrected chi connectivity index (χ1v) is 13.0. The maximum Gasteiger partial charge on any atom is 0.330 e. The van der Waals surface area contributed by atoms with Crippen molar-refractivity contribution >= 4 is 17.6 Å². The van der Waals surface area contributed by atoms with Crippen LogP contribution in [0.15, 0.2) is 72.9 Å². The Bertz CT molecular complexity index is 1170. The Morgan fingerprint density at radius 3 is 2.38 bits per heavy atom. The monoisotopic (exact) mass is 534 g/mol. The smallest absolute Gasteiger partial charge is 0.330 e. The molecule has 2 atom stereocenters. The zero-order valence-corrected chi connectivity index (χ0v) is 22.8. The molecule has 0 spiro atoms. The van der Waals surface area contributed by atoms with E-state index in [1.54, 1.807) is 6.20 Å². The van der Waals surface area contributed by atoms with Crippen LogP contribution < -0.4 is 21.1 Å². The molecule has 1 heterocycles. The van der Waals surface area contributed by atoms with Gasteiger partial charge in [0.05, 0.1) is 32.2 Å². The van der Waals surface area contributed by atoms with Gasteiger partial charge in [0.25, 0.3) is 0 Å². The summed E-state index contributed by atoms with van der Waals surface area (Å²) < 4.78 is 16.3. The van der Waals surface area contributed by atoms with Crippen molar-refractivity contribution in [2.45, 2.75) is 51.9 Å². The number of pyridine rings is 1. The first-order valence-electron chi connectivity index (χ1n) is 13.0. The fourth-order valence-electron chi connectivity index (χ4n) is 3.95. The molecule has 208 valence electrons. The molecule has 39 heavy (non-hydrogen) atoms. The molecule has 0 saturated carbocycles. The number of carbonyl (C=O) groups is 2. The molecule has 2 aromatic carbocycles. The predicted molar refractivity (Wildman–Crippen MR) is 150 cm³/mol. The van der Waals surface area contributed by atoms with Crippen molar-refractivity contribution in [1.82, 2.24) is 15.6 Å². The molecule has 1 amide bonds. The van der Waals surface area contributed by atoms with Crippen molar-refractivity contribution in [2.75, 3.05) is 19.5 Å². The number of ether oxygens (including phenoxy) is 3. The Hall–Kier alpha value is -3.95. The summed E-state index contributed by atoms with van der Waals surface area (Å²) in [5.74, 6) is 0.609. The van der Waals surface area contributed by atoms with Crippen molar-refractivity contribution in [3.05, 3.63) is 84.1 Å². The van der Waals surface area contributed by atoms with Gasteiger partial charge < -0.3 is 30.6 Å². The van der Waals surface area contributed by atoms with E-state index < -0.39 is 12.0 Å². The van der Waals surface area contributed by atoms with Crippen molar-refractivity contribution in [3.63, 3.8) is 0 Å². The summed E-state index contributed by atoms with van der Waals surface area (Å²) in [7, 11) is 1.29. The van der Waals surface area contributed by atoms with Crippen LogP contribution >= 0.6 is 0 Å². The Kier molecular flexibility index (Phi) is 11.7. The lowest BCUT2D eigenvalue weighted by Crippen LogP contribution is -2.45. The highest BCUT2D eigenvalue weighted by atomic mass is 16.5. The number of para-hydroxylation sites is 1. The van der Waals surface area contributed by atoms with E-state index in [1.807, 2.05) is 66.7 Å². The van der Waals surface area contributed by atoms with Gasteiger partial charge >= 0.3 is 5.97 Å². The van der Waals surface area contributed by atoms with Gasteiger partial charge in [-0.25, -0.2) is 9.78 Å². The molecule has 0 aliphatic carbocycles. The molecule has 3 rings (SSSR count). The summed E-state index contributed by atoms with van der Waals surface area (Å²) in [6.07, 6.45) is 2.39. The number of aromatic nitrogens is 1. The summed E-state index contributed by atoms with van der Waals surface area (Å²) in [4.78, 5) is 29.2. The topological polar surface area (TPSA) is 125 Å². The Morgan fingerprint density at radius 1 is 1.03 bits per heavy atom. The van der Waals surface area contributed by atoms with E-state index in [4.69, 9.17) is 19.9 Å². The van der Waals surface area contributed by atoms with Crippen molar-refractivity contribution in [1.29, 1.82) is 0 Å². The van der Waals surface area contributed by atoms with Crippen LogP contribution in [0.25, 0.3) is 0 Å². The van der Waals surface area contributed by atoms with E-state index in [0.717, 1.165) is 11.1 Å². The molecule has 3 aromatic rings. The minimum Gasteiger partial charge on any atom is -0.467 e. The van der Waals surface area contributed by atoms with Gasteiger partial charge in [0.2, 0.25) is 11.8 Å². The highest BCUT2D eigenvalue weighted by Gasteiger charge is 2.23. The summed E-state index contributed by atoms with van der Waals surface area (Å²) in [5.41, 5.74) is 8.55. The number of rotatable bonds is 15. The van der Waals surface area contributed by atoms with Gasteiger partial charge in [-0.1, -0.05) is 62.4 Å². The second-order valence-electron chi connectivity index (χ2n) is 9.55. The van der Waals surface area contributed by atoms with Gasteiger partial charge in [-0.3, -0.25) is 4.79 Å². The van der Waals surface area contributed by atoms with Crippen molar-refractivity contribution in [3.8, 4) is 11.6 Å². The first kappa shape index (κ1) is 29.6. The van der Waals surface area contributed by atoms with Gasteiger partial charge in [-0.2, -0.15) is 0 Å². The average molecular weight is 535 g/mol. The lowest BCUT2D eigenvalue weighted by molar-refractivity contribution is -0.147. The third kappa shape index (κ3) is 10.0. The second-order valence-corrected chi connectivity index (χ2v) is 9.55. The van der Waals surface area contributed by atoms with Gasteiger partial charge in [-0.05, 0) is 35.6 Å². The van der Waals surface area contributed by atoms with Crippen LogP contribution in [0.3, 0.4) is 0 Å². The van der Waals surface area contributed by atoms with E-state index >= 15 is 0 Å². The first-order chi connectivity index (χ1) is 18.9. The number of carbonyl (C=O) groups excluding carboxylic acids is 2. The van der Waals surface area contributed by atoms with Crippen LogP contribution in [0.1, 0.15) is 37.8 Å². The van der Waals surface area contributed by atoms with E-state index in [9.17, 15) is 9.59 Å². The lowest BCUT2D eigenvalue weighted by atomic mass is 9.98. The number of benzene rings is 2. The van der Waals surface area contributed by atoms with Crippen LogP contribution in [-0.2, 0) is 32.2 Å². The number of nitrogens with one attached hydrogen (secondary N) is 2. The molecular weight excluding hydrogens is 496 g/mol. The minimum atomic E-state index is -0.878. The largest absolute Gasteiger partial charge is 0.467 e. The second kappa shape index (κ2) is 15.5. The number of anilines is 1. The van der Waals surface area contributed by atoms with Crippen LogP contribution in [0.5, 0.6) is 11.6 Å². The number of hydrogen-bond acceptors (Lipinski definition) is 8. The fourth-order valence-corrected chi connectivity index (χ4v) is 3.95. The summed E-state index contributed by atoms with van der Waals surface area (Å²) >= 11 is 0. The van der Waals surface area contributed by atoms with E-state index in [0.29, 0.717) is 36.9 Å².